The molecule has 14 heteroatoms. The Labute approximate surface area is 293 Å². The fourth-order valence-electron chi connectivity index (χ4n) is 6.98. The van der Waals surface area contributed by atoms with Gasteiger partial charge in [0.05, 0.1) is 35.1 Å². The lowest BCUT2D eigenvalue weighted by Crippen LogP contribution is -2.57. The number of aromatic nitrogens is 2. The molecule has 0 bridgehead atoms. The number of carboxylic acids is 1. The van der Waals surface area contributed by atoms with Crippen LogP contribution in [0.15, 0.2) is 53.9 Å². The van der Waals surface area contributed by atoms with Crippen LogP contribution in [0.25, 0.3) is 21.6 Å². The van der Waals surface area contributed by atoms with Gasteiger partial charge in [0.25, 0.3) is 0 Å². The quantitative estimate of drug-likeness (QED) is 0.219. The van der Waals surface area contributed by atoms with Gasteiger partial charge in [-0.1, -0.05) is 43.2 Å². The number of thiocarbonyl (C=S) groups is 1. The Morgan fingerprint density at radius 1 is 1.10 bits per heavy atom. The Hall–Kier alpha value is -4.14. The maximum absolute atomic E-state index is 14.5. The monoisotopic (exact) mass is 704 g/mol. The molecule has 2 saturated heterocycles. The minimum atomic E-state index is -1.40. The van der Waals surface area contributed by atoms with Crippen molar-refractivity contribution in [3.63, 3.8) is 0 Å². The van der Waals surface area contributed by atoms with Crippen LogP contribution in [0.4, 0.5) is 0 Å². The van der Waals surface area contributed by atoms with Crippen molar-refractivity contribution in [2.75, 3.05) is 19.8 Å². The van der Waals surface area contributed by atoms with Gasteiger partial charge < -0.3 is 35.4 Å². The van der Waals surface area contributed by atoms with E-state index in [0.29, 0.717) is 48.3 Å². The first-order chi connectivity index (χ1) is 23.8. The van der Waals surface area contributed by atoms with Gasteiger partial charge in [-0.05, 0) is 67.9 Å². The molecule has 3 unspecified atom stereocenters. The average molecular weight is 705 g/mol. The Bertz CT molecular complexity index is 1750. The summed E-state index contributed by atoms with van der Waals surface area (Å²) in [6.07, 6.45) is 8.46. The van der Waals surface area contributed by atoms with Crippen LogP contribution in [0.1, 0.15) is 51.4 Å². The van der Waals surface area contributed by atoms with Crippen molar-refractivity contribution in [1.29, 1.82) is 0 Å². The van der Waals surface area contributed by atoms with Gasteiger partial charge in [-0.3, -0.25) is 9.59 Å². The first-order valence-electron chi connectivity index (χ1n) is 17.0. The second-order valence-electron chi connectivity index (χ2n) is 13.2. The molecule has 3 aliphatic heterocycles. The summed E-state index contributed by atoms with van der Waals surface area (Å²) < 4.78 is 12.0. The number of rotatable bonds is 6. The largest absolute Gasteiger partial charge is 0.479 e. The lowest BCUT2D eigenvalue weighted by Gasteiger charge is -2.30. The van der Waals surface area contributed by atoms with Crippen LogP contribution < -0.4 is 20.7 Å². The smallest absolute Gasteiger partial charge is 0.330 e. The van der Waals surface area contributed by atoms with Crippen molar-refractivity contribution in [3.05, 3.63) is 53.9 Å². The number of thiophene rings is 1. The molecule has 3 fully saturated rings. The maximum Gasteiger partial charge on any atom is 0.330 e. The summed E-state index contributed by atoms with van der Waals surface area (Å²) in [5, 5.41) is 21.9. The number of amides is 2. The highest BCUT2D eigenvalue weighted by Crippen LogP contribution is 2.45. The van der Waals surface area contributed by atoms with Crippen LogP contribution in [-0.4, -0.2) is 92.4 Å². The van der Waals surface area contributed by atoms with E-state index >= 15 is 0 Å². The van der Waals surface area contributed by atoms with E-state index in [0.717, 1.165) is 42.5 Å². The van der Waals surface area contributed by atoms with E-state index in [4.69, 9.17) is 31.7 Å². The molecule has 5 heterocycles. The van der Waals surface area contributed by atoms with Crippen molar-refractivity contribution in [2.24, 2.45) is 5.92 Å². The van der Waals surface area contributed by atoms with E-state index < -0.39 is 35.6 Å². The Morgan fingerprint density at radius 2 is 1.94 bits per heavy atom. The van der Waals surface area contributed by atoms with Gasteiger partial charge in [-0.15, -0.1) is 11.3 Å². The topological polar surface area (TPSA) is 155 Å². The molecule has 4 N–H and O–H groups in total. The van der Waals surface area contributed by atoms with Crippen LogP contribution in [0.3, 0.4) is 0 Å². The molecule has 2 aromatic heterocycles. The summed E-state index contributed by atoms with van der Waals surface area (Å²) in [4.78, 5) is 53.1. The van der Waals surface area contributed by atoms with E-state index in [1.807, 2.05) is 53.9 Å². The third kappa shape index (κ3) is 7.26. The lowest BCUT2D eigenvalue weighted by atomic mass is 10.0. The zero-order chi connectivity index (χ0) is 34.0. The van der Waals surface area contributed by atoms with Crippen molar-refractivity contribution in [2.45, 2.75) is 81.1 Å². The fourth-order valence-corrected chi connectivity index (χ4v) is 7.99. The number of carbonyl (C=O) groups excluding carboxylic acids is 2. The van der Waals surface area contributed by atoms with Crippen LogP contribution in [0.5, 0.6) is 5.88 Å². The molecule has 49 heavy (non-hydrogen) atoms. The first kappa shape index (κ1) is 33.4. The van der Waals surface area contributed by atoms with Gasteiger partial charge in [-0.25, -0.2) is 14.8 Å². The fraction of sp³-hybridized carbons (Fsp3) is 0.486. The number of benzene rings is 1. The molecule has 258 valence electrons. The van der Waals surface area contributed by atoms with E-state index in [2.05, 4.69) is 16.0 Å². The normalized spacial score (nSPS) is 29.6. The Kier molecular flexibility index (Phi) is 9.79. The van der Waals surface area contributed by atoms with Crippen molar-refractivity contribution < 1.29 is 29.0 Å². The van der Waals surface area contributed by atoms with E-state index in [1.165, 1.54) is 16.2 Å². The second-order valence-corrected chi connectivity index (χ2v) is 14.6. The van der Waals surface area contributed by atoms with Crippen LogP contribution >= 0.6 is 23.6 Å². The number of allylic oxidation sites excluding steroid dienone is 1. The molecule has 1 aromatic carbocycles. The molecular weight excluding hydrogens is 665 g/mol. The van der Waals surface area contributed by atoms with Crippen molar-refractivity contribution in [1.82, 2.24) is 30.8 Å². The summed E-state index contributed by atoms with van der Waals surface area (Å²) >= 11 is 7.15. The number of ether oxygens (including phenoxy) is 2. The highest BCUT2D eigenvalue weighted by molar-refractivity contribution is 7.80. The molecule has 1 saturated carbocycles. The number of hydrogen-bond acceptors (Lipinski definition) is 9. The number of fused-ring (bicyclic) bond motifs is 3. The van der Waals surface area contributed by atoms with Crippen molar-refractivity contribution >= 4 is 57.5 Å². The molecule has 7 rings (SSSR count). The number of para-hydroxylation sites is 2. The summed E-state index contributed by atoms with van der Waals surface area (Å²) in [6, 6.07) is 9.82. The molecule has 0 spiro atoms. The third-order valence-corrected chi connectivity index (χ3v) is 10.9. The molecule has 1 aliphatic carbocycles. The number of aliphatic carboxylic acids is 1. The van der Waals surface area contributed by atoms with Gasteiger partial charge in [0.1, 0.15) is 29.4 Å². The Morgan fingerprint density at radius 3 is 2.69 bits per heavy atom. The van der Waals surface area contributed by atoms with Gasteiger partial charge in [0.15, 0.2) is 5.11 Å². The predicted octanol–water partition coefficient (Wildman–Crippen LogP) is 3.81. The molecule has 6 atom stereocenters. The summed E-state index contributed by atoms with van der Waals surface area (Å²) in [6.45, 7) is 1.30. The molecular formula is C35H40N6O6S2. The van der Waals surface area contributed by atoms with E-state index in [1.54, 1.807) is 0 Å². The van der Waals surface area contributed by atoms with Crippen LogP contribution in [0, 0.1) is 5.92 Å². The number of nitrogens with zero attached hydrogens (tertiary/aromatic N) is 3. The number of nitrogens with one attached hydrogen (secondary N) is 3. The highest BCUT2D eigenvalue weighted by Gasteiger charge is 2.61. The summed E-state index contributed by atoms with van der Waals surface area (Å²) in [5.74, 6) is -1.88. The van der Waals surface area contributed by atoms with Gasteiger partial charge >= 0.3 is 5.97 Å². The number of carbonyl (C=O) groups is 3. The lowest BCUT2D eigenvalue weighted by molar-refractivity contribution is -0.145. The van der Waals surface area contributed by atoms with Gasteiger partial charge in [0.2, 0.25) is 17.7 Å². The predicted molar refractivity (Wildman–Crippen MR) is 188 cm³/mol. The van der Waals surface area contributed by atoms with Crippen LogP contribution in [-0.2, 0) is 19.1 Å². The molecule has 3 aromatic rings. The summed E-state index contributed by atoms with van der Waals surface area (Å²) in [7, 11) is 0. The zero-order valence-corrected chi connectivity index (χ0v) is 28.6. The molecule has 4 aliphatic rings. The highest BCUT2D eigenvalue weighted by atomic mass is 32.1. The average Bonchev–Trinajstić information content (AvgIpc) is 3.58. The minimum Gasteiger partial charge on any atom is -0.479 e. The van der Waals surface area contributed by atoms with E-state index in [-0.39, 0.29) is 30.8 Å². The SMILES string of the molecule is O=C1NC2(C(=O)O)CC2/C=C\CCCCC[C@@H](NC(=S)N[C@H]2CCOC2)C(=O)N2C[C@H](Oc3nc4ccccc4nc3-c3cccs3)CC12. The maximum atomic E-state index is 14.5. The second kappa shape index (κ2) is 14.4. The van der Waals surface area contributed by atoms with E-state index in [9.17, 15) is 19.5 Å². The minimum absolute atomic E-state index is 0.0616. The van der Waals surface area contributed by atoms with Crippen molar-refractivity contribution in [3.8, 4) is 16.5 Å². The number of hydrogen-bond donors (Lipinski definition) is 4. The standard InChI is InChI=1S/C35H40N6O6S2/c42-30-27-17-23(47-31-29(28-13-8-16-49-28)37-24-10-6-7-11-25(24)38-31)19-41(27)32(43)26(39-34(48)36-22-14-15-46-20-22)12-5-3-1-2-4-9-21-18-35(21,40-30)33(44)45/h4,6-11,13,16,21-23,26-27H,1-3,5,12,14-15,17-20H2,(H,40,42)(H,44,45)(H2,36,39,48)/b9-4-/t21?,22-,23+,26+,27?,35?/m0/s1. The van der Waals surface area contributed by atoms with Gasteiger partial charge in [0, 0.05) is 18.9 Å². The molecule has 0 radical (unpaired) electrons. The van der Waals surface area contributed by atoms with Gasteiger partial charge in [-0.2, -0.15) is 0 Å². The number of carboxylic acid groups (broad SMARTS) is 1. The first-order valence-corrected chi connectivity index (χ1v) is 18.2. The van der Waals surface area contributed by atoms with Crippen LogP contribution in [0.2, 0.25) is 0 Å². The Balaban J connectivity index is 1.19. The third-order valence-electron chi connectivity index (χ3n) is 9.76. The molecule has 2 amide bonds. The summed E-state index contributed by atoms with van der Waals surface area (Å²) in [5.41, 5.74) is 0.567. The molecule has 12 nitrogen and oxygen atoms in total. The zero-order valence-electron chi connectivity index (χ0n) is 27.0.